The van der Waals surface area contributed by atoms with Gasteiger partial charge in [0.05, 0.1) is 27.9 Å². The summed E-state index contributed by atoms with van der Waals surface area (Å²) in [5.41, 5.74) is 2.39. The molecule has 0 aliphatic carbocycles. The summed E-state index contributed by atoms with van der Waals surface area (Å²) in [5.74, 6) is -0.896. The van der Waals surface area contributed by atoms with Crippen LogP contribution in [0.15, 0.2) is 36.4 Å². The minimum atomic E-state index is -3.34. The van der Waals surface area contributed by atoms with E-state index in [1.165, 1.54) is 4.31 Å². The highest BCUT2D eigenvalue weighted by molar-refractivity contribution is 7.92. The van der Waals surface area contributed by atoms with Crippen molar-refractivity contribution in [3.63, 3.8) is 0 Å². The van der Waals surface area contributed by atoms with Crippen molar-refractivity contribution in [1.82, 2.24) is 0 Å². The maximum Gasteiger partial charge on any atom is 0.310 e. The zero-order valence-electron chi connectivity index (χ0n) is 15.7. The minimum Gasteiger partial charge on any atom is -0.457 e. The Bertz CT molecular complexity index is 1070. The van der Waals surface area contributed by atoms with E-state index < -0.39 is 22.6 Å². The van der Waals surface area contributed by atoms with Crippen LogP contribution in [-0.4, -0.2) is 39.1 Å². The van der Waals surface area contributed by atoms with Gasteiger partial charge in [-0.1, -0.05) is 29.3 Å². The van der Waals surface area contributed by atoms with Gasteiger partial charge in [0.1, 0.15) is 0 Å². The molecule has 154 valence electrons. The lowest BCUT2D eigenvalue weighted by Gasteiger charge is -2.18. The molecule has 0 fully saturated rings. The lowest BCUT2D eigenvalue weighted by atomic mass is 10.1. The molecule has 1 aliphatic heterocycles. The molecule has 3 rings (SSSR count). The molecule has 1 aliphatic rings. The molecule has 0 radical (unpaired) electrons. The summed E-state index contributed by atoms with van der Waals surface area (Å²) in [5, 5.41) is 0.728. The zero-order chi connectivity index (χ0) is 21.2. The van der Waals surface area contributed by atoms with Crippen LogP contribution in [0.25, 0.3) is 0 Å². The smallest absolute Gasteiger partial charge is 0.310 e. The Hall–Kier alpha value is -2.09. The molecule has 0 saturated carbocycles. The van der Waals surface area contributed by atoms with E-state index in [1.807, 2.05) is 0 Å². The summed E-state index contributed by atoms with van der Waals surface area (Å²) in [6.07, 6.45) is 0.505. The van der Waals surface area contributed by atoms with Crippen LogP contribution in [0.1, 0.15) is 28.4 Å². The summed E-state index contributed by atoms with van der Waals surface area (Å²) in [6, 6.07) is 9.66. The molecule has 0 aromatic heterocycles. The van der Waals surface area contributed by atoms with E-state index in [0.29, 0.717) is 39.8 Å². The average Bonchev–Trinajstić information content (AvgIpc) is 3.13. The van der Waals surface area contributed by atoms with Crippen LogP contribution in [0.2, 0.25) is 10.0 Å². The number of carbonyl (C=O) groups is 2. The Morgan fingerprint density at radius 1 is 1.10 bits per heavy atom. The van der Waals surface area contributed by atoms with Gasteiger partial charge >= 0.3 is 5.97 Å². The van der Waals surface area contributed by atoms with Gasteiger partial charge in [0.2, 0.25) is 10.0 Å². The van der Waals surface area contributed by atoms with Gasteiger partial charge in [-0.05, 0) is 54.8 Å². The highest BCUT2D eigenvalue weighted by Gasteiger charge is 2.28. The highest BCUT2D eigenvalue weighted by atomic mass is 35.5. The second kappa shape index (κ2) is 8.73. The van der Waals surface area contributed by atoms with Crippen LogP contribution in [0.3, 0.4) is 0 Å². The van der Waals surface area contributed by atoms with Gasteiger partial charge in [-0.2, -0.15) is 0 Å². The Balaban J connectivity index is 1.61. The Labute approximate surface area is 179 Å². The van der Waals surface area contributed by atoms with Gasteiger partial charge < -0.3 is 4.74 Å². The van der Waals surface area contributed by atoms with Crippen molar-refractivity contribution >= 4 is 50.7 Å². The topological polar surface area (TPSA) is 80.8 Å². The number of fused-ring (bicyclic) bond motifs is 1. The van der Waals surface area contributed by atoms with Crippen LogP contribution < -0.4 is 4.31 Å². The number of hydrogen-bond acceptors (Lipinski definition) is 5. The number of halogens is 2. The normalized spacial score (nSPS) is 13.3. The van der Waals surface area contributed by atoms with Gasteiger partial charge in [0.25, 0.3) is 0 Å². The van der Waals surface area contributed by atoms with E-state index in [1.54, 1.807) is 43.3 Å². The number of sulfonamides is 1. The number of Topliss-reactive ketones (excluding diaryl/α,β-unsaturated/α-hetero) is 1. The van der Waals surface area contributed by atoms with Gasteiger partial charge in [-0.25, -0.2) is 8.42 Å². The fourth-order valence-corrected chi connectivity index (χ4v) is 4.57. The lowest BCUT2D eigenvalue weighted by Crippen LogP contribution is -2.30. The fourth-order valence-electron chi connectivity index (χ4n) is 3.09. The van der Waals surface area contributed by atoms with Gasteiger partial charge in [-0.3, -0.25) is 13.9 Å². The molecule has 1 heterocycles. The zero-order valence-corrected chi connectivity index (χ0v) is 18.0. The third-order valence-corrected chi connectivity index (χ3v) is 7.17. The number of rotatable bonds is 7. The van der Waals surface area contributed by atoms with Crippen molar-refractivity contribution in [3.8, 4) is 0 Å². The van der Waals surface area contributed by atoms with Crippen molar-refractivity contribution in [3.05, 3.63) is 63.1 Å². The molecule has 0 bridgehead atoms. The maximum absolute atomic E-state index is 12.4. The van der Waals surface area contributed by atoms with E-state index in [0.717, 1.165) is 5.56 Å². The van der Waals surface area contributed by atoms with E-state index >= 15 is 0 Å². The van der Waals surface area contributed by atoms with E-state index in [4.69, 9.17) is 27.9 Å². The summed E-state index contributed by atoms with van der Waals surface area (Å²) >= 11 is 11.8. The molecular weight excluding hydrogens is 437 g/mol. The van der Waals surface area contributed by atoms with Crippen molar-refractivity contribution in [1.29, 1.82) is 0 Å². The lowest BCUT2D eigenvalue weighted by molar-refractivity contribution is -0.141. The number of benzene rings is 2. The van der Waals surface area contributed by atoms with Crippen LogP contribution in [0, 0.1) is 0 Å². The number of carbonyl (C=O) groups excluding carboxylic acids is 2. The molecular formula is C20H19Cl2NO5S. The first-order chi connectivity index (χ1) is 13.7. The van der Waals surface area contributed by atoms with E-state index in [2.05, 4.69) is 0 Å². The number of esters is 1. The highest BCUT2D eigenvalue weighted by Crippen LogP contribution is 2.31. The quantitative estimate of drug-likeness (QED) is 0.469. The SMILES string of the molecule is CCS(=O)(=O)N1CCc2cc(C(=O)COC(=O)Cc3ccc(Cl)c(Cl)c3)ccc21. The van der Waals surface area contributed by atoms with E-state index in [-0.39, 0.29) is 18.0 Å². The first-order valence-electron chi connectivity index (χ1n) is 8.97. The Morgan fingerprint density at radius 3 is 2.55 bits per heavy atom. The fraction of sp³-hybridized carbons (Fsp3) is 0.300. The average molecular weight is 456 g/mol. The van der Waals surface area contributed by atoms with E-state index in [9.17, 15) is 18.0 Å². The molecule has 6 nitrogen and oxygen atoms in total. The summed E-state index contributed by atoms with van der Waals surface area (Å²) < 4.78 is 30.7. The molecule has 0 unspecified atom stereocenters. The molecule has 2 aromatic rings. The second-order valence-corrected chi connectivity index (χ2v) is 9.57. The first-order valence-corrected chi connectivity index (χ1v) is 11.3. The molecule has 2 aromatic carbocycles. The third kappa shape index (κ3) is 4.91. The summed E-state index contributed by atoms with van der Waals surface area (Å²) in [7, 11) is -3.34. The minimum absolute atomic E-state index is 0.0158. The van der Waals surface area contributed by atoms with Crippen LogP contribution in [0.5, 0.6) is 0 Å². The molecule has 0 saturated heterocycles. The van der Waals surface area contributed by atoms with Gasteiger partial charge in [0.15, 0.2) is 12.4 Å². The first kappa shape index (κ1) is 21.6. The molecule has 29 heavy (non-hydrogen) atoms. The molecule has 9 heteroatoms. The molecule has 0 N–H and O–H groups in total. The second-order valence-electron chi connectivity index (χ2n) is 6.58. The third-order valence-electron chi connectivity index (χ3n) is 4.65. The van der Waals surface area contributed by atoms with Crippen LogP contribution in [0.4, 0.5) is 5.69 Å². The number of anilines is 1. The predicted molar refractivity (Wildman–Crippen MR) is 112 cm³/mol. The van der Waals surface area contributed by atoms with Crippen LogP contribution >= 0.6 is 23.2 Å². The maximum atomic E-state index is 12.4. The number of hydrogen-bond donors (Lipinski definition) is 0. The van der Waals surface area contributed by atoms with Gasteiger partial charge in [0, 0.05) is 12.1 Å². The van der Waals surface area contributed by atoms with Crippen molar-refractivity contribution in [2.45, 2.75) is 19.8 Å². The predicted octanol–water partition coefficient (Wildman–Crippen LogP) is 3.67. The monoisotopic (exact) mass is 455 g/mol. The molecule has 0 amide bonds. The largest absolute Gasteiger partial charge is 0.457 e. The van der Waals surface area contributed by atoms with Crippen molar-refractivity contribution in [2.24, 2.45) is 0 Å². The van der Waals surface area contributed by atoms with Crippen molar-refractivity contribution < 1.29 is 22.7 Å². The molecule has 0 atom stereocenters. The van der Waals surface area contributed by atoms with Crippen molar-refractivity contribution in [2.75, 3.05) is 23.2 Å². The molecule has 0 spiro atoms. The van der Waals surface area contributed by atoms with Crippen LogP contribution in [-0.2, 0) is 32.4 Å². The van der Waals surface area contributed by atoms with Gasteiger partial charge in [-0.15, -0.1) is 0 Å². The Morgan fingerprint density at radius 2 is 1.86 bits per heavy atom. The summed E-state index contributed by atoms with van der Waals surface area (Å²) in [6.45, 7) is 1.56. The number of nitrogens with zero attached hydrogens (tertiary/aromatic N) is 1. The number of ketones is 1. The standard InChI is InChI=1S/C20H19Cl2NO5S/c1-2-29(26,27)23-8-7-14-11-15(4-6-18(14)23)19(24)12-28-20(25)10-13-3-5-16(21)17(22)9-13/h3-6,9,11H,2,7-8,10,12H2,1H3. The number of ether oxygens (including phenoxy) is 1. The Kier molecular flexibility index (Phi) is 6.51. The summed E-state index contributed by atoms with van der Waals surface area (Å²) in [4.78, 5) is 24.4.